The number of rotatable bonds is 6. The van der Waals surface area contributed by atoms with E-state index in [0.29, 0.717) is 16.7 Å². The number of fused-ring (bicyclic) bond motifs is 1. The summed E-state index contributed by atoms with van der Waals surface area (Å²) in [4.78, 5) is 25.2. The molecule has 0 saturated carbocycles. The maximum Gasteiger partial charge on any atom is 0.336 e. The summed E-state index contributed by atoms with van der Waals surface area (Å²) in [6.45, 7) is -0.158. The number of aliphatic hydroxyl groups is 1. The first kappa shape index (κ1) is 16.6. The van der Waals surface area contributed by atoms with Crippen LogP contribution in [0, 0.1) is 0 Å². The molecule has 0 saturated heterocycles. The van der Waals surface area contributed by atoms with E-state index in [2.05, 4.69) is 5.32 Å². The van der Waals surface area contributed by atoms with Crippen LogP contribution in [0.1, 0.15) is 24.9 Å². The van der Waals surface area contributed by atoms with E-state index in [1.54, 1.807) is 29.5 Å². The molecule has 24 heavy (non-hydrogen) atoms. The number of hydrogen-bond acceptors (Lipinski definition) is 5. The highest BCUT2D eigenvalue weighted by Crippen LogP contribution is 2.28. The lowest BCUT2D eigenvalue weighted by molar-refractivity contribution is 0.0698. The van der Waals surface area contributed by atoms with Crippen molar-refractivity contribution in [3.63, 3.8) is 0 Å². The summed E-state index contributed by atoms with van der Waals surface area (Å²) < 4.78 is 0.749. The van der Waals surface area contributed by atoms with Gasteiger partial charge in [0.05, 0.1) is 23.1 Å². The summed E-state index contributed by atoms with van der Waals surface area (Å²) in [6, 6.07) is 10.1. The Kier molecular flexibility index (Phi) is 4.94. The molecule has 1 amide bonds. The van der Waals surface area contributed by atoms with Gasteiger partial charge < -0.3 is 15.5 Å². The van der Waals surface area contributed by atoms with Gasteiger partial charge in [0, 0.05) is 21.4 Å². The van der Waals surface area contributed by atoms with Gasteiger partial charge in [-0.3, -0.25) is 4.79 Å². The largest absolute Gasteiger partial charge is 0.478 e. The van der Waals surface area contributed by atoms with Crippen LogP contribution >= 0.6 is 22.7 Å². The number of carbonyl (C=O) groups excluding carboxylic acids is 1. The lowest BCUT2D eigenvalue weighted by Crippen LogP contribution is -2.38. The molecule has 0 fully saturated rings. The van der Waals surface area contributed by atoms with E-state index in [-0.39, 0.29) is 24.1 Å². The quantitative estimate of drug-likeness (QED) is 0.630. The van der Waals surface area contributed by atoms with Crippen LogP contribution in [0.3, 0.4) is 0 Å². The highest BCUT2D eigenvalue weighted by Gasteiger charge is 2.18. The SMILES string of the molecule is O=C(NC(CO)Cc1cccs1)c1cc2c(C(=O)O)cccc2s1. The second-order valence-corrected chi connectivity index (χ2v) is 7.39. The van der Waals surface area contributed by atoms with Gasteiger partial charge in [-0.05, 0) is 29.6 Å². The van der Waals surface area contributed by atoms with Gasteiger partial charge in [0.1, 0.15) is 0 Å². The Morgan fingerprint density at radius 2 is 2.04 bits per heavy atom. The highest BCUT2D eigenvalue weighted by molar-refractivity contribution is 7.20. The van der Waals surface area contributed by atoms with Crippen molar-refractivity contribution in [2.45, 2.75) is 12.5 Å². The van der Waals surface area contributed by atoms with Crippen LogP contribution in [0.5, 0.6) is 0 Å². The van der Waals surface area contributed by atoms with Gasteiger partial charge in [-0.15, -0.1) is 22.7 Å². The van der Waals surface area contributed by atoms with Crippen molar-refractivity contribution < 1.29 is 19.8 Å². The molecule has 1 aromatic carbocycles. The maximum absolute atomic E-state index is 12.4. The molecule has 0 spiro atoms. The minimum Gasteiger partial charge on any atom is -0.478 e. The minimum atomic E-state index is -1.02. The number of amides is 1. The molecule has 1 atom stereocenters. The van der Waals surface area contributed by atoms with Crippen LogP contribution < -0.4 is 5.32 Å². The van der Waals surface area contributed by atoms with Crippen molar-refractivity contribution in [2.75, 3.05) is 6.61 Å². The lowest BCUT2D eigenvalue weighted by Gasteiger charge is -2.14. The molecular weight excluding hydrogens is 346 g/mol. The van der Waals surface area contributed by atoms with E-state index in [1.165, 1.54) is 17.4 Å². The molecule has 2 heterocycles. The summed E-state index contributed by atoms with van der Waals surface area (Å²) >= 11 is 2.82. The number of hydrogen-bond donors (Lipinski definition) is 3. The Morgan fingerprint density at radius 1 is 1.21 bits per heavy atom. The standard InChI is InChI=1S/C17H15NO4S2/c19-9-10(7-11-3-2-6-23-11)18-16(20)15-8-13-12(17(21)22)4-1-5-14(13)24-15/h1-6,8,10,19H,7,9H2,(H,18,20)(H,21,22). The fourth-order valence-electron chi connectivity index (χ4n) is 2.45. The molecule has 3 N–H and O–H groups in total. The summed E-state index contributed by atoms with van der Waals surface area (Å²) in [5.74, 6) is -1.32. The first-order valence-corrected chi connectivity index (χ1v) is 8.98. The Hall–Kier alpha value is -2.22. The number of benzene rings is 1. The number of carboxylic acid groups (broad SMARTS) is 1. The van der Waals surface area contributed by atoms with E-state index < -0.39 is 5.97 Å². The summed E-state index contributed by atoms with van der Waals surface area (Å²) in [5, 5.41) is 24.0. The normalized spacial score (nSPS) is 12.2. The zero-order valence-electron chi connectivity index (χ0n) is 12.6. The van der Waals surface area contributed by atoms with E-state index >= 15 is 0 Å². The van der Waals surface area contributed by atoms with Crippen LogP contribution in [0.4, 0.5) is 0 Å². The molecule has 3 rings (SSSR count). The van der Waals surface area contributed by atoms with Crippen molar-refractivity contribution in [3.05, 3.63) is 57.1 Å². The van der Waals surface area contributed by atoms with Crippen LogP contribution in [0.15, 0.2) is 41.8 Å². The molecule has 5 nitrogen and oxygen atoms in total. The minimum absolute atomic E-state index is 0.158. The monoisotopic (exact) mass is 361 g/mol. The predicted octanol–water partition coefficient (Wildman–Crippen LogP) is 2.99. The maximum atomic E-state index is 12.4. The zero-order chi connectivity index (χ0) is 17.1. The van der Waals surface area contributed by atoms with Gasteiger partial charge in [0.15, 0.2) is 0 Å². The number of carbonyl (C=O) groups is 2. The van der Waals surface area contributed by atoms with Gasteiger partial charge >= 0.3 is 5.97 Å². The Morgan fingerprint density at radius 3 is 2.71 bits per heavy atom. The first-order valence-electron chi connectivity index (χ1n) is 7.28. The fraction of sp³-hybridized carbons (Fsp3) is 0.176. The number of thiophene rings is 2. The van der Waals surface area contributed by atoms with Crippen LogP contribution in [0.25, 0.3) is 10.1 Å². The van der Waals surface area contributed by atoms with Crippen molar-refractivity contribution in [3.8, 4) is 0 Å². The molecule has 124 valence electrons. The molecule has 0 radical (unpaired) electrons. The van der Waals surface area contributed by atoms with E-state index in [1.807, 2.05) is 17.5 Å². The van der Waals surface area contributed by atoms with Crippen LogP contribution in [0.2, 0.25) is 0 Å². The van der Waals surface area contributed by atoms with Crippen molar-refractivity contribution in [1.29, 1.82) is 0 Å². The van der Waals surface area contributed by atoms with Gasteiger partial charge in [-0.25, -0.2) is 4.79 Å². The molecular formula is C17H15NO4S2. The summed E-state index contributed by atoms with van der Waals surface area (Å²) in [6.07, 6.45) is 0.561. The van der Waals surface area contributed by atoms with Crippen molar-refractivity contribution in [1.82, 2.24) is 5.32 Å². The molecule has 1 unspecified atom stereocenters. The molecule has 0 aliphatic rings. The molecule has 3 aromatic rings. The zero-order valence-corrected chi connectivity index (χ0v) is 14.2. The smallest absolute Gasteiger partial charge is 0.336 e. The van der Waals surface area contributed by atoms with Gasteiger partial charge in [-0.2, -0.15) is 0 Å². The third-order valence-electron chi connectivity index (χ3n) is 3.60. The number of aromatic carboxylic acids is 1. The second kappa shape index (κ2) is 7.12. The van der Waals surface area contributed by atoms with E-state index in [0.717, 1.165) is 9.58 Å². The summed E-state index contributed by atoms with van der Waals surface area (Å²) in [7, 11) is 0. The topological polar surface area (TPSA) is 86.6 Å². The average Bonchev–Trinajstić information content (AvgIpc) is 3.22. The molecule has 7 heteroatoms. The molecule has 0 bridgehead atoms. The van der Waals surface area contributed by atoms with Crippen molar-refractivity contribution in [2.24, 2.45) is 0 Å². The van der Waals surface area contributed by atoms with Gasteiger partial charge in [0.25, 0.3) is 5.91 Å². The molecule has 0 aliphatic heterocycles. The third-order valence-corrected chi connectivity index (χ3v) is 5.60. The Labute approximate surface area is 146 Å². The van der Waals surface area contributed by atoms with Crippen LogP contribution in [-0.2, 0) is 6.42 Å². The number of nitrogens with one attached hydrogen (secondary N) is 1. The Bertz CT molecular complexity index is 870. The number of aliphatic hydroxyl groups excluding tert-OH is 1. The number of carboxylic acids is 1. The van der Waals surface area contributed by atoms with Crippen molar-refractivity contribution >= 4 is 44.6 Å². The summed E-state index contributed by atoms with van der Waals surface area (Å²) in [5.41, 5.74) is 0.181. The molecule has 0 aliphatic carbocycles. The lowest BCUT2D eigenvalue weighted by atomic mass is 10.1. The predicted molar refractivity (Wildman–Crippen MR) is 95.1 cm³/mol. The van der Waals surface area contributed by atoms with E-state index in [9.17, 15) is 19.8 Å². The highest BCUT2D eigenvalue weighted by atomic mass is 32.1. The average molecular weight is 361 g/mol. The molecule has 2 aromatic heterocycles. The third kappa shape index (κ3) is 3.48. The van der Waals surface area contributed by atoms with Gasteiger partial charge in [-0.1, -0.05) is 12.1 Å². The fourth-order valence-corrected chi connectivity index (χ4v) is 4.23. The first-order chi connectivity index (χ1) is 11.6. The Balaban J connectivity index is 1.80. The van der Waals surface area contributed by atoms with Crippen LogP contribution in [-0.4, -0.2) is 34.7 Å². The second-order valence-electron chi connectivity index (χ2n) is 5.27. The van der Waals surface area contributed by atoms with E-state index in [4.69, 9.17) is 0 Å². The van der Waals surface area contributed by atoms with Gasteiger partial charge in [0.2, 0.25) is 0 Å².